The summed E-state index contributed by atoms with van der Waals surface area (Å²) in [6.45, 7) is 2.94. The molecule has 3 nitrogen and oxygen atoms in total. The number of aliphatic hydroxyl groups excluding tert-OH is 1. The molecule has 0 saturated heterocycles. The molecule has 155 valence electrons. The summed E-state index contributed by atoms with van der Waals surface area (Å²) < 4.78 is 0. The Morgan fingerprint density at radius 3 is 2.43 bits per heavy atom. The molecule has 1 aromatic carbocycles. The highest BCUT2D eigenvalue weighted by molar-refractivity contribution is 5.37. The second kappa shape index (κ2) is 12.5. The molecule has 3 rings (SSSR count). The van der Waals surface area contributed by atoms with Crippen molar-refractivity contribution in [2.24, 2.45) is 0 Å². The topological polar surface area (TPSA) is 36.4 Å². The van der Waals surface area contributed by atoms with Gasteiger partial charge >= 0.3 is 0 Å². The third-order valence-electron chi connectivity index (χ3n) is 5.33. The van der Waals surface area contributed by atoms with Gasteiger partial charge in [-0.2, -0.15) is 0 Å². The quantitative estimate of drug-likeness (QED) is 0.443. The van der Waals surface area contributed by atoms with E-state index in [4.69, 9.17) is 0 Å². The minimum absolute atomic E-state index is 0.0268. The van der Waals surface area contributed by atoms with Crippen LogP contribution in [-0.2, 0) is 0 Å². The van der Waals surface area contributed by atoms with Crippen molar-refractivity contribution in [1.82, 2.24) is 9.88 Å². The Balaban J connectivity index is 1.94. The van der Waals surface area contributed by atoms with Crippen molar-refractivity contribution < 1.29 is 5.11 Å². The first-order chi connectivity index (χ1) is 14.8. The van der Waals surface area contributed by atoms with Gasteiger partial charge in [-0.3, -0.25) is 9.88 Å². The molecule has 0 spiro atoms. The van der Waals surface area contributed by atoms with Gasteiger partial charge in [0.15, 0.2) is 0 Å². The number of aromatic nitrogens is 1. The van der Waals surface area contributed by atoms with Crippen LogP contribution in [0.1, 0.15) is 55.8 Å². The Labute approximate surface area is 182 Å². The molecular formula is C27H31N2O. The van der Waals surface area contributed by atoms with E-state index < -0.39 is 0 Å². The largest absolute Gasteiger partial charge is 0.394 e. The van der Waals surface area contributed by atoms with E-state index in [-0.39, 0.29) is 18.7 Å². The molecule has 2 aromatic rings. The second-order valence-corrected chi connectivity index (χ2v) is 7.54. The lowest BCUT2D eigenvalue weighted by molar-refractivity contribution is 0.108. The van der Waals surface area contributed by atoms with Crippen molar-refractivity contribution in [1.29, 1.82) is 0 Å². The Bertz CT molecular complexity index is 775. The molecule has 0 aliphatic heterocycles. The number of pyridine rings is 1. The Hall–Kier alpha value is -2.15. The average Bonchev–Trinajstić information content (AvgIpc) is 3.31. The zero-order chi connectivity index (χ0) is 21.0. The molecule has 1 aliphatic rings. The molecular weight excluding hydrogens is 368 g/mol. The molecule has 0 amide bonds. The van der Waals surface area contributed by atoms with Crippen LogP contribution in [-0.4, -0.2) is 28.1 Å². The van der Waals surface area contributed by atoms with Crippen molar-refractivity contribution >= 4 is 0 Å². The van der Waals surface area contributed by atoms with Crippen LogP contribution in [0.5, 0.6) is 0 Å². The van der Waals surface area contributed by atoms with Gasteiger partial charge in [0.05, 0.1) is 18.7 Å². The molecule has 30 heavy (non-hydrogen) atoms. The van der Waals surface area contributed by atoms with Gasteiger partial charge in [0.25, 0.3) is 0 Å². The van der Waals surface area contributed by atoms with Crippen LogP contribution in [0.25, 0.3) is 0 Å². The molecule has 5 radical (unpaired) electrons. The van der Waals surface area contributed by atoms with E-state index in [1.54, 1.807) is 6.20 Å². The molecule has 1 heterocycles. The van der Waals surface area contributed by atoms with E-state index in [2.05, 4.69) is 72.5 Å². The maximum atomic E-state index is 10.4. The summed E-state index contributed by atoms with van der Waals surface area (Å²) in [6, 6.07) is 13.9. The SMILES string of the molecule is CCCCCC#C[C@@H](c1cccnc1)N(C[C]1[CH][CH][CH][CH]1)[C@@H](CO)c1ccccc1. The summed E-state index contributed by atoms with van der Waals surface area (Å²) >= 11 is 0. The minimum Gasteiger partial charge on any atom is -0.394 e. The van der Waals surface area contributed by atoms with Crippen LogP contribution in [0.4, 0.5) is 0 Å². The van der Waals surface area contributed by atoms with Gasteiger partial charge in [-0.25, -0.2) is 0 Å². The number of hydrogen-bond donors (Lipinski definition) is 1. The third kappa shape index (κ3) is 6.42. The molecule has 1 aromatic heterocycles. The predicted octanol–water partition coefficient (Wildman–Crippen LogP) is 5.15. The average molecular weight is 400 g/mol. The van der Waals surface area contributed by atoms with Gasteiger partial charge in [0.1, 0.15) is 0 Å². The fourth-order valence-corrected chi connectivity index (χ4v) is 3.72. The highest BCUT2D eigenvalue weighted by Gasteiger charge is 2.31. The smallest absolute Gasteiger partial charge is 0.0991 e. The zero-order valence-corrected chi connectivity index (χ0v) is 17.7. The summed E-state index contributed by atoms with van der Waals surface area (Å²) in [6.07, 6.45) is 16.4. The number of unbranched alkanes of at least 4 members (excludes halogenated alkanes) is 3. The molecule has 3 heteroatoms. The van der Waals surface area contributed by atoms with Crippen LogP contribution in [0, 0.1) is 43.4 Å². The van der Waals surface area contributed by atoms with E-state index >= 15 is 0 Å². The molecule has 1 N–H and O–H groups in total. The third-order valence-corrected chi connectivity index (χ3v) is 5.33. The highest BCUT2D eigenvalue weighted by Crippen LogP contribution is 2.34. The fourth-order valence-electron chi connectivity index (χ4n) is 3.72. The van der Waals surface area contributed by atoms with E-state index in [9.17, 15) is 5.11 Å². The number of rotatable bonds is 10. The van der Waals surface area contributed by atoms with E-state index in [1.807, 2.05) is 30.5 Å². The Morgan fingerprint density at radius 2 is 1.77 bits per heavy atom. The predicted molar refractivity (Wildman–Crippen MR) is 122 cm³/mol. The van der Waals surface area contributed by atoms with Gasteiger partial charge in [-0.15, -0.1) is 5.92 Å². The number of nitrogens with zero attached hydrogens (tertiary/aromatic N) is 2. The molecule has 0 unspecified atom stereocenters. The first kappa shape index (κ1) is 22.5. The normalized spacial score (nSPS) is 16.2. The first-order valence-corrected chi connectivity index (χ1v) is 10.8. The van der Waals surface area contributed by atoms with E-state index in [0.29, 0.717) is 6.54 Å². The number of benzene rings is 1. The summed E-state index contributed by atoms with van der Waals surface area (Å²) in [7, 11) is 0. The monoisotopic (exact) mass is 399 g/mol. The Kier molecular flexibility index (Phi) is 9.41. The lowest BCUT2D eigenvalue weighted by Crippen LogP contribution is -2.37. The zero-order valence-electron chi connectivity index (χ0n) is 17.7. The van der Waals surface area contributed by atoms with E-state index in [0.717, 1.165) is 24.0 Å². The lowest BCUT2D eigenvalue weighted by Gasteiger charge is -2.37. The van der Waals surface area contributed by atoms with Crippen molar-refractivity contribution in [3.8, 4) is 11.8 Å². The fraction of sp³-hybridized carbons (Fsp3) is 0.333. The van der Waals surface area contributed by atoms with Crippen LogP contribution >= 0.6 is 0 Å². The van der Waals surface area contributed by atoms with E-state index in [1.165, 1.54) is 18.8 Å². The summed E-state index contributed by atoms with van der Waals surface area (Å²) in [4.78, 5) is 6.64. The molecule has 1 saturated carbocycles. The second-order valence-electron chi connectivity index (χ2n) is 7.54. The minimum atomic E-state index is -0.156. The molecule has 0 bridgehead atoms. The maximum absolute atomic E-state index is 10.4. The van der Waals surface area contributed by atoms with Gasteiger partial charge < -0.3 is 5.11 Å². The lowest BCUT2D eigenvalue weighted by atomic mass is 9.97. The van der Waals surface area contributed by atoms with Gasteiger partial charge in [-0.1, -0.05) is 62.1 Å². The van der Waals surface area contributed by atoms with Crippen LogP contribution in [0.15, 0.2) is 54.9 Å². The van der Waals surface area contributed by atoms with Gasteiger partial charge in [0, 0.05) is 25.4 Å². The van der Waals surface area contributed by atoms with Crippen LogP contribution in [0.3, 0.4) is 0 Å². The Morgan fingerprint density at radius 1 is 1.00 bits per heavy atom. The van der Waals surface area contributed by atoms with Crippen LogP contribution < -0.4 is 0 Å². The van der Waals surface area contributed by atoms with Crippen molar-refractivity contribution in [2.75, 3.05) is 13.2 Å². The molecule has 2 atom stereocenters. The summed E-state index contributed by atoms with van der Waals surface area (Å²) in [5.74, 6) is 8.14. The first-order valence-electron chi connectivity index (χ1n) is 10.8. The molecule has 1 aliphatic carbocycles. The number of hydrogen-bond acceptors (Lipinski definition) is 3. The highest BCUT2D eigenvalue weighted by atomic mass is 16.3. The maximum Gasteiger partial charge on any atom is 0.0991 e. The van der Waals surface area contributed by atoms with Crippen molar-refractivity contribution in [2.45, 2.75) is 44.7 Å². The summed E-state index contributed by atoms with van der Waals surface area (Å²) in [5.41, 5.74) is 2.15. The van der Waals surface area contributed by atoms with Gasteiger partial charge in [0.2, 0.25) is 0 Å². The number of aliphatic hydroxyl groups is 1. The van der Waals surface area contributed by atoms with Gasteiger partial charge in [-0.05, 0) is 55.2 Å². The van der Waals surface area contributed by atoms with Crippen molar-refractivity contribution in [3.63, 3.8) is 0 Å². The summed E-state index contributed by atoms with van der Waals surface area (Å²) in [5, 5.41) is 10.4. The van der Waals surface area contributed by atoms with Crippen molar-refractivity contribution in [3.05, 3.63) is 97.6 Å². The van der Waals surface area contributed by atoms with Crippen LogP contribution in [0.2, 0.25) is 0 Å². The standard InChI is InChI=1S/C27H31N2O/c1-2-3-4-5-9-18-26(25-17-12-19-28-20-25)29(21-23-13-10-11-14-23)27(22-30)24-15-7-6-8-16-24/h6-8,10-17,19-20,26-27,30H,2-5,21-22H2,1H3/t26-,27-/m0/s1. The molecule has 1 fully saturated rings.